The fourth-order valence-corrected chi connectivity index (χ4v) is 3.08. The molecule has 0 radical (unpaired) electrons. The molecule has 4 heteroatoms. The van der Waals surface area contributed by atoms with Gasteiger partial charge in [-0.1, -0.05) is 35.9 Å². The number of aromatic nitrogens is 1. The molecule has 0 bridgehead atoms. The zero-order valence-electron chi connectivity index (χ0n) is 8.55. The first-order valence-electron chi connectivity index (χ1n) is 5.00. The second-order valence-electron chi connectivity index (χ2n) is 3.70. The number of benzene rings is 2. The first-order chi connectivity index (χ1) is 8.18. The topological polar surface area (TPSA) is 12.9 Å². The van der Waals surface area contributed by atoms with Crippen molar-refractivity contribution in [3.05, 3.63) is 50.4 Å². The third-order valence-electron chi connectivity index (χ3n) is 2.67. The van der Waals surface area contributed by atoms with Crippen LogP contribution in [0.2, 0.25) is 5.02 Å². The summed E-state index contributed by atoms with van der Waals surface area (Å²) in [5, 5.41) is 2.67. The fourth-order valence-electron chi connectivity index (χ4n) is 1.87. The Kier molecular flexibility index (Phi) is 2.85. The summed E-state index contributed by atoms with van der Waals surface area (Å²) in [5.41, 5.74) is 1.77. The van der Waals surface area contributed by atoms with Crippen LogP contribution in [0, 0.1) is 0 Å². The van der Waals surface area contributed by atoms with Gasteiger partial charge in [0.05, 0.1) is 16.1 Å². The van der Waals surface area contributed by atoms with Crippen LogP contribution in [-0.2, 0) is 0 Å². The van der Waals surface area contributed by atoms with Crippen molar-refractivity contribution < 1.29 is 0 Å². The summed E-state index contributed by atoms with van der Waals surface area (Å²) in [4.78, 5) is 4.66. The highest BCUT2D eigenvalue weighted by Gasteiger charge is 2.10. The van der Waals surface area contributed by atoms with Crippen molar-refractivity contribution in [2.75, 3.05) is 0 Å². The van der Waals surface area contributed by atoms with Crippen LogP contribution in [0.1, 0.15) is 0 Å². The molecule has 17 heavy (non-hydrogen) atoms. The highest BCUT2D eigenvalue weighted by atomic mass is 79.9. The fraction of sp³-hybridized carbons (Fsp3) is 0. The van der Waals surface area contributed by atoms with Gasteiger partial charge in [0.2, 0.25) is 0 Å². The van der Waals surface area contributed by atoms with E-state index in [1.54, 1.807) is 0 Å². The Morgan fingerprint density at radius 1 is 0.824 bits per heavy atom. The molecule has 3 rings (SSSR count). The van der Waals surface area contributed by atoms with Crippen molar-refractivity contribution >= 4 is 65.3 Å². The number of pyridine rings is 1. The Morgan fingerprint density at radius 2 is 1.29 bits per heavy atom. The number of hydrogen-bond acceptors (Lipinski definition) is 1. The van der Waals surface area contributed by atoms with Crippen molar-refractivity contribution in [1.82, 2.24) is 4.98 Å². The maximum Gasteiger partial charge on any atom is 0.0867 e. The minimum absolute atomic E-state index is 0.743. The quantitative estimate of drug-likeness (QED) is 0.471. The van der Waals surface area contributed by atoms with Crippen molar-refractivity contribution in [1.29, 1.82) is 0 Å². The van der Waals surface area contributed by atoms with Crippen LogP contribution < -0.4 is 0 Å². The minimum atomic E-state index is 0.743. The Morgan fingerprint density at radius 3 is 1.76 bits per heavy atom. The molecule has 0 unspecified atom stereocenters. The van der Waals surface area contributed by atoms with Gasteiger partial charge < -0.3 is 0 Å². The lowest BCUT2D eigenvalue weighted by molar-refractivity contribution is 1.47. The number of nitrogens with zero attached hydrogens (tertiary/aromatic N) is 1. The highest BCUT2D eigenvalue weighted by Crippen LogP contribution is 2.35. The first-order valence-corrected chi connectivity index (χ1v) is 6.97. The van der Waals surface area contributed by atoms with Gasteiger partial charge in [-0.15, -0.1) is 0 Å². The molecule has 0 atom stereocenters. The third kappa shape index (κ3) is 1.77. The summed E-state index contributed by atoms with van der Waals surface area (Å²) >= 11 is 13.4. The van der Waals surface area contributed by atoms with E-state index in [9.17, 15) is 0 Å². The molecule has 0 fully saturated rings. The molecule has 0 amide bonds. The summed E-state index contributed by atoms with van der Waals surface area (Å²) in [5.74, 6) is 0. The normalized spacial score (nSPS) is 11.2. The zero-order chi connectivity index (χ0) is 12.0. The Labute approximate surface area is 120 Å². The third-order valence-corrected chi connectivity index (χ3v) is 4.36. The molecule has 1 nitrogen and oxygen atoms in total. The van der Waals surface area contributed by atoms with E-state index in [0.29, 0.717) is 0 Å². The van der Waals surface area contributed by atoms with Gasteiger partial charge in [-0.05, 0) is 44.0 Å². The van der Waals surface area contributed by atoms with E-state index in [4.69, 9.17) is 11.6 Å². The smallest absolute Gasteiger partial charge is 0.0867 e. The summed E-state index contributed by atoms with van der Waals surface area (Å²) in [6, 6.07) is 11.8. The SMILES string of the molecule is Clc1c2cccc(Br)c2nc2c(Br)cccc12. The lowest BCUT2D eigenvalue weighted by Gasteiger charge is -2.07. The monoisotopic (exact) mass is 369 g/mol. The van der Waals surface area contributed by atoms with Gasteiger partial charge in [-0.2, -0.15) is 0 Å². The average Bonchev–Trinajstić information content (AvgIpc) is 2.32. The van der Waals surface area contributed by atoms with E-state index in [-0.39, 0.29) is 0 Å². The molecule has 84 valence electrons. The van der Waals surface area contributed by atoms with E-state index >= 15 is 0 Å². The van der Waals surface area contributed by atoms with Crippen LogP contribution in [0.4, 0.5) is 0 Å². The Bertz CT molecular complexity index is 680. The Balaban J connectivity index is 2.62. The van der Waals surface area contributed by atoms with Crippen molar-refractivity contribution in [2.45, 2.75) is 0 Å². The van der Waals surface area contributed by atoms with Crippen LogP contribution in [0.5, 0.6) is 0 Å². The summed E-state index contributed by atoms with van der Waals surface area (Å²) in [6.45, 7) is 0. The summed E-state index contributed by atoms with van der Waals surface area (Å²) in [7, 11) is 0. The molecular weight excluding hydrogens is 365 g/mol. The predicted octanol–water partition coefficient (Wildman–Crippen LogP) is 5.57. The zero-order valence-corrected chi connectivity index (χ0v) is 12.5. The van der Waals surface area contributed by atoms with Gasteiger partial charge >= 0.3 is 0 Å². The van der Waals surface area contributed by atoms with Crippen molar-refractivity contribution in [3.8, 4) is 0 Å². The predicted molar refractivity (Wildman–Crippen MR) is 79.7 cm³/mol. The van der Waals surface area contributed by atoms with Gasteiger partial charge in [0, 0.05) is 19.7 Å². The van der Waals surface area contributed by atoms with E-state index in [2.05, 4.69) is 36.8 Å². The molecule has 0 N–H and O–H groups in total. The van der Waals surface area contributed by atoms with Gasteiger partial charge in [-0.3, -0.25) is 0 Å². The van der Waals surface area contributed by atoms with E-state index in [0.717, 1.165) is 35.8 Å². The van der Waals surface area contributed by atoms with Gasteiger partial charge in [0.25, 0.3) is 0 Å². The number of fused-ring (bicyclic) bond motifs is 2. The molecule has 1 aromatic heterocycles. The number of para-hydroxylation sites is 2. The molecular formula is C13H6Br2ClN. The van der Waals surface area contributed by atoms with Gasteiger partial charge in [0.15, 0.2) is 0 Å². The molecule has 0 aliphatic heterocycles. The van der Waals surface area contributed by atoms with Crippen molar-refractivity contribution in [3.63, 3.8) is 0 Å². The van der Waals surface area contributed by atoms with Gasteiger partial charge in [0.1, 0.15) is 0 Å². The molecule has 0 spiro atoms. The van der Waals surface area contributed by atoms with Gasteiger partial charge in [-0.25, -0.2) is 4.98 Å². The van der Waals surface area contributed by atoms with Crippen molar-refractivity contribution in [2.24, 2.45) is 0 Å². The number of halogens is 3. The van der Waals surface area contributed by atoms with Crippen LogP contribution in [0.3, 0.4) is 0 Å². The Hall–Kier alpha value is -0.640. The maximum atomic E-state index is 6.44. The molecule has 0 saturated heterocycles. The highest BCUT2D eigenvalue weighted by molar-refractivity contribution is 9.11. The first kappa shape index (κ1) is 11.5. The molecule has 3 aromatic rings. The van der Waals surface area contributed by atoms with E-state index < -0.39 is 0 Å². The van der Waals surface area contributed by atoms with Crippen LogP contribution >= 0.6 is 43.5 Å². The average molecular weight is 371 g/mol. The lowest BCUT2D eigenvalue weighted by atomic mass is 10.1. The molecule has 2 aromatic carbocycles. The standard InChI is InChI=1S/C13H6Br2ClN/c14-9-5-1-3-7-11(16)8-4-2-6-10(15)13(8)17-12(7)9/h1-6H. The summed E-state index contributed by atoms with van der Waals surface area (Å²) in [6.07, 6.45) is 0. The van der Waals surface area contributed by atoms with Crippen LogP contribution in [0.25, 0.3) is 21.8 Å². The second kappa shape index (κ2) is 4.23. The number of hydrogen-bond donors (Lipinski definition) is 0. The second-order valence-corrected chi connectivity index (χ2v) is 5.78. The van der Waals surface area contributed by atoms with E-state index in [1.807, 2.05) is 36.4 Å². The van der Waals surface area contributed by atoms with Crippen LogP contribution in [-0.4, -0.2) is 4.98 Å². The molecule has 1 heterocycles. The number of rotatable bonds is 0. The maximum absolute atomic E-state index is 6.44. The van der Waals surface area contributed by atoms with Crippen LogP contribution in [0.15, 0.2) is 45.3 Å². The molecule has 0 saturated carbocycles. The lowest BCUT2D eigenvalue weighted by Crippen LogP contribution is -1.86. The summed E-state index contributed by atoms with van der Waals surface area (Å²) < 4.78 is 1.91. The largest absolute Gasteiger partial charge is 0.245 e. The minimum Gasteiger partial charge on any atom is -0.245 e. The molecule has 0 aliphatic carbocycles. The van der Waals surface area contributed by atoms with E-state index in [1.165, 1.54) is 0 Å². The molecule has 0 aliphatic rings.